The number of benzene rings is 1. The average molecular weight is 280 g/mol. The third kappa shape index (κ3) is 2.41. The van der Waals surface area contributed by atoms with Crippen LogP contribution in [0, 0.1) is 0 Å². The number of para-hydroxylation sites is 1. The molecule has 19 heavy (non-hydrogen) atoms. The third-order valence-electron chi connectivity index (χ3n) is 2.65. The van der Waals surface area contributed by atoms with Crippen LogP contribution in [0.15, 0.2) is 35.2 Å². The van der Waals surface area contributed by atoms with Crippen molar-refractivity contribution in [2.75, 3.05) is 31.0 Å². The molecule has 0 bridgehead atoms. The Morgan fingerprint density at radius 2 is 1.79 bits per heavy atom. The minimum absolute atomic E-state index is 0.0568. The zero-order valence-corrected chi connectivity index (χ0v) is 11.8. The Morgan fingerprint density at radius 1 is 1.21 bits per heavy atom. The zero-order valence-electron chi connectivity index (χ0n) is 11.0. The second kappa shape index (κ2) is 4.58. The van der Waals surface area contributed by atoms with Gasteiger partial charge in [0.05, 0.1) is 5.69 Å². The number of rotatable bonds is 3. The van der Waals surface area contributed by atoms with E-state index in [-0.39, 0.29) is 10.7 Å². The number of nitrogens with two attached hydrogens (primary N) is 1. The lowest BCUT2D eigenvalue weighted by Crippen LogP contribution is -2.13. The van der Waals surface area contributed by atoms with E-state index < -0.39 is 9.84 Å². The van der Waals surface area contributed by atoms with Crippen LogP contribution in [0.5, 0.6) is 0 Å². The Bertz CT molecular complexity index is 690. The summed E-state index contributed by atoms with van der Waals surface area (Å²) in [6, 6.07) is 9.18. The first-order valence-corrected chi connectivity index (χ1v) is 7.53. The summed E-state index contributed by atoms with van der Waals surface area (Å²) in [7, 11) is 0.00960. The minimum atomic E-state index is -3.45. The fraction of sp³-hybridized carbons (Fsp3) is 0.250. The molecule has 1 aromatic heterocycles. The van der Waals surface area contributed by atoms with Crippen molar-refractivity contribution in [1.29, 1.82) is 0 Å². The average Bonchev–Trinajstić information content (AvgIpc) is 2.68. The zero-order chi connectivity index (χ0) is 14.2. The summed E-state index contributed by atoms with van der Waals surface area (Å²) in [5.74, 6) is 0.459. The van der Waals surface area contributed by atoms with Crippen molar-refractivity contribution < 1.29 is 8.42 Å². The molecule has 2 aromatic rings. The molecule has 0 spiro atoms. The lowest BCUT2D eigenvalue weighted by Gasteiger charge is -2.09. The van der Waals surface area contributed by atoms with Crippen LogP contribution >= 0.6 is 0 Å². The molecule has 0 unspecified atom stereocenters. The van der Waals surface area contributed by atoms with Gasteiger partial charge in [0, 0.05) is 20.4 Å². The number of anilines is 2. The largest absolute Gasteiger partial charge is 0.382 e. The fourth-order valence-electron chi connectivity index (χ4n) is 1.82. The van der Waals surface area contributed by atoms with E-state index >= 15 is 0 Å². The molecule has 2 N–H and O–H groups in total. The third-order valence-corrected chi connectivity index (χ3v) is 3.79. The molecule has 0 fully saturated rings. The summed E-state index contributed by atoms with van der Waals surface area (Å²) in [5, 5.41) is 4.28. The van der Waals surface area contributed by atoms with Crippen LogP contribution in [0.4, 0.5) is 11.6 Å². The molecule has 0 aliphatic heterocycles. The van der Waals surface area contributed by atoms with Crippen molar-refractivity contribution in [1.82, 2.24) is 9.78 Å². The van der Waals surface area contributed by atoms with E-state index in [0.29, 0.717) is 5.82 Å². The molecule has 0 saturated heterocycles. The van der Waals surface area contributed by atoms with Crippen molar-refractivity contribution in [2.24, 2.45) is 0 Å². The number of nitrogens with zero attached hydrogens (tertiary/aromatic N) is 3. The highest BCUT2D eigenvalue weighted by atomic mass is 32.2. The SMILES string of the molecule is CN(C)c1nn(-c2ccccc2)c(N)c1S(C)(=O)=O. The second-order valence-corrected chi connectivity index (χ2v) is 6.40. The molecule has 0 saturated carbocycles. The minimum Gasteiger partial charge on any atom is -0.382 e. The molecule has 1 aromatic carbocycles. The highest BCUT2D eigenvalue weighted by Crippen LogP contribution is 2.30. The van der Waals surface area contributed by atoms with Crippen LogP contribution in [-0.4, -0.2) is 38.5 Å². The van der Waals surface area contributed by atoms with Crippen molar-refractivity contribution >= 4 is 21.5 Å². The Morgan fingerprint density at radius 3 is 2.21 bits per heavy atom. The van der Waals surface area contributed by atoms with Crippen LogP contribution < -0.4 is 10.6 Å². The molecule has 6 nitrogen and oxygen atoms in total. The summed E-state index contributed by atoms with van der Waals surface area (Å²) < 4.78 is 25.2. The summed E-state index contributed by atoms with van der Waals surface area (Å²) in [6.07, 6.45) is 1.13. The van der Waals surface area contributed by atoms with E-state index in [1.54, 1.807) is 19.0 Å². The van der Waals surface area contributed by atoms with Crippen molar-refractivity contribution in [3.63, 3.8) is 0 Å². The van der Waals surface area contributed by atoms with Crippen LogP contribution in [0.25, 0.3) is 5.69 Å². The molecule has 0 aliphatic rings. The fourth-order valence-corrected chi connectivity index (χ4v) is 2.84. The van der Waals surface area contributed by atoms with E-state index in [1.807, 2.05) is 30.3 Å². The molecular formula is C12H16N4O2S. The standard InChI is InChI=1S/C12H16N4O2S/c1-15(2)12-10(19(3,17)18)11(13)16(14-12)9-7-5-4-6-8-9/h4-8H,13H2,1-3H3. The molecule has 7 heteroatoms. The quantitative estimate of drug-likeness (QED) is 0.904. The highest BCUT2D eigenvalue weighted by molar-refractivity contribution is 7.91. The van der Waals surface area contributed by atoms with Gasteiger partial charge >= 0.3 is 0 Å². The van der Waals surface area contributed by atoms with Gasteiger partial charge in [-0.25, -0.2) is 13.1 Å². The molecular weight excluding hydrogens is 264 g/mol. The van der Waals surface area contributed by atoms with Gasteiger partial charge in [-0.1, -0.05) is 18.2 Å². The molecule has 0 atom stereocenters. The second-order valence-electron chi connectivity index (χ2n) is 4.45. The van der Waals surface area contributed by atoms with E-state index in [2.05, 4.69) is 5.10 Å². The van der Waals surface area contributed by atoms with E-state index in [0.717, 1.165) is 11.9 Å². The molecule has 0 amide bonds. The molecule has 1 heterocycles. The van der Waals surface area contributed by atoms with Crippen LogP contribution in [0.2, 0.25) is 0 Å². The van der Waals surface area contributed by atoms with Crippen molar-refractivity contribution in [3.8, 4) is 5.69 Å². The number of aromatic nitrogens is 2. The van der Waals surface area contributed by atoms with Crippen LogP contribution in [-0.2, 0) is 9.84 Å². The van der Waals surface area contributed by atoms with Gasteiger partial charge in [-0.2, -0.15) is 0 Å². The van der Waals surface area contributed by atoms with Gasteiger partial charge in [-0.15, -0.1) is 5.10 Å². The van der Waals surface area contributed by atoms with Gasteiger partial charge in [-0.3, -0.25) is 0 Å². The van der Waals surface area contributed by atoms with Gasteiger partial charge in [0.15, 0.2) is 20.6 Å². The maximum atomic E-state index is 11.9. The first-order chi connectivity index (χ1) is 8.82. The predicted molar refractivity (Wildman–Crippen MR) is 75.4 cm³/mol. The maximum absolute atomic E-state index is 11.9. The number of nitrogen functional groups attached to an aromatic ring is 1. The lowest BCUT2D eigenvalue weighted by molar-refractivity contribution is 0.602. The summed E-state index contributed by atoms with van der Waals surface area (Å²) in [5.41, 5.74) is 6.68. The van der Waals surface area contributed by atoms with E-state index in [1.165, 1.54) is 4.68 Å². The molecule has 102 valence electrons. The monoisotopic (exact) mass is 280 g/mol. The molecule has 2 rings (SSSR count). The topological polar surface area (TPSA) is 81.2 Å². The normalized spacial score (nSPS) is 11.5. The van der Waals surface area contributed by atoms with Gasteiger partial charge < -0.3 is 10.6 Å². The Labute approximate surface area is 112 Å². The van der Waals surface area contributed by atoms with Gasteiger partial charge in [0.1, 0.15) is 5.82 Å². The number of hydrogen-bond acceptors (Lipinski definition) is 5. The van der Waals surface area contributed by atoms with Crippen molar-refractivity contribution in [2.45, 2.75) is 4.90 Å². The first kappa shape index (κ1) is 13.4. The molecule has 0 radical (unpaired) electrons. The van der Waals surface area contributed by atoms with Gasteiger partial charge in [0.25, 0.3) is 0 Å². The van der Waals surface area contributed by atoms with E-state index in [9.17, 15) is 8.42 Å². The highest BCUT2D eigenvalue weighted by Gasteiger charge is 2.25. The Balaban J connectivity index is 2.74. The smallest absolute Gasteiger partial charge is 0.182 e. The Kier molecular flexibility index (Phi) is 3.23. The van der Waals surface area contributed by atoms with Gasteiger partial charge in [-0.05, 0) is 12.1 Å². The first-order valence-electron chi connectivity index (χ1n) is 5.63. The summed E-state index contributed by atoms with van der Waals surface area (Å²) >= 11 is 0. The summed E-state index contributed by atoms with van der Waals surface area (Å²) in [6.45, 7) is 0. The lowest BCUT2D eigenvalue weighted by atomic mass is 10.3. The Hall–Kier alpha value is -2.02. The predicted octanol–water partition coefficient (Wildman–Crippen LogP) is 0.924. The number of hydrogen-bond donors (Lipinski definition) is 1. The maximum Gasteiger partial charge on any atom is 0.182 e. The van der Waals surface area contributed by atoms with Crippen LogP contribution in [0.1, 0.15) is 0 Å². The van der Waals surface area contributed by atoms with E-state index in [4.69, 9.17) is 5.73 Å². The summed E-state index contributed by atoms with van der Waals surface area (Å²) in [4.78, 5) is 1.69. The van der Waals surface area contributed by atoms with Crippen LogP contribution in [0.3, 0.4) is 0 Å². The van der Waals surface area contributed by atoms with Crippen molar-refractivity contribution in [3.05, 3.63) is 30.3 Å². The van der Waals surface area contributed by atoms with Gasteiger partial charge in [0.2, 0.25) is 0 Å². The number of sulfone groups is 1. The molecule has 0 aliphatic carbocycles.